The van der Waals surface area contributed by atoms with Crippen molar-refractivity contribution in [3.8, 4) is 0 Å². The summed E-state index contributed by atoms with van der Waals surface area (Å²) in [6.45, 7) is 5.60. The Morgan fingerprint density at radius 2 is 1.56 bits per heavy atom. The molecule has 1 aliphatic heterocycles. The van der Waals surface area contributed by atoms with Crippen LogP contribution < -0.4 is 5.73 Å². The minimum atomic E-state index is -3.53. The molecular weight excluding hydrogens is 362 g/mol. The average Bonchev–Trinajstić information content (AvgIpc) is 2.68. The lowest BCUT2D eigenvalue weighted by Crippen LogP contribution is -2.60. The average molecular weight is 394 g/mol. The van der Waals surface area contributed by atoms with Gasteiger partial charge in [0.2, 0.25) is 15.9 Å². The van der Waals surface area contributed by atoms with E-state index in [1.54, 1.807) is 17.0 Å². The molecule has 7 heteroatoms. The number of hydrogen-bond donors (Lipinski definition) is 1. The Hall–Kier alpha value is -1.44. The van der Waals surface area contributed by atoms with E-state index in [1.807, 2.05) is 12.1 Å². The molecule has 0 atom stereocenters. The summed E-state index contributed by atoms with van der Waals surface area (Å²) in [6.07, 6.45) is 4.57. The van der Waals surface area contributed by atoms with Crippen LogP contribution in [0, 0.1) is 0 Å². The molecule has 150 valence electrons. The van der Waals surface area contributed by atoms with Gasteiger partial charge in [-0.15, -0.1) is 0 Å². The highest BCUT2D eigenvalue weighted by Crippen LogP contribution is 2.28. The molecule has 1 amide bonds. The molecule has 0 aromatic heterocycles. The third kappa shape index (κ3) is 4.20. The fraction of sp³-hybridized carbons (Fsp3) is 0.650. The predicted octanol–water partition coefficient (Wildman–Crippen LogP) is 2.30. The molecule has 0 unspecified atom stereocenters. The van der Waals surface area contributed by atoms with Gasteiger partial charge >= 0.3 is 0 Å². The van der Waals surface area contributed by atoms with Crippen LogP contribution in [0.2, 0.25) is 0 Å². The topological polar surface area (TPSA) is 83.7 Å². The standard InChI is InChI=1S/C20H31N3O3S/c1-16(2)17-6-8-18(9-7-17)27(25,26)23-14-12-22(13-15-23)19(24)20(21)10-4-3-5-11-20/h6-9,16H,3-5,10-15,21H2,1-2H3. The Bertz CT molecular complexity index is 760. The largest absolute Gasteiger partial charge is 0.338 e. The van der Waals surface area contributed by atoms with Crippen molar-refractivity contribution in [3.63, 3.8) is 0 Å². The van der Waals surface area contributed by atoms with Crippen LogP contribution in [-0.4, -0.2) is 55.2 Å². The summed E-state index contributed by atoms with van der Waals surface area (Å²) in [5.74, 6) is 0.347. The molecule has 3 rings (SSSR count). The lowest BCUT2D eigenvalue weighted by atomic mass is 9.81. The second-order valence-electron chi connectivity index (χ2n) is 8.14. The Morgan fingerprint density at radius 1 is 1.00 bits per heavy atom. The van der Waals surface area contributed by atoms with Crippen LogP contribution in [0.15, 0.2) is 29.2 Å². The zero-order valence-electron chi connectivity index (χ0n) is 16.4. The van der Waals surface area contributed by atoms with Crippen molar-refractivity contribution in [1.82, 2.24) is 9.21 Å². The number of carbonyl (C=O) groups excluding carboxylic acids is 1. The number of benzene rings is 1. The lowest BCUT2D eigenvalue weighted by molar-refractivity contribution is -0.139. The number of nitrogens with zero attached hydrogens (tertiary/aromatic N) is 2. The molecule has 27 heavy (non-hydrogen) atoms. The van der Waals surface area contributed by atoms with E-state index in [9.17, 15) is 13.2 Å². The van der Waals surface area contributed by atoms with Crippen molar-refractivity contribution >= 4 is 15.9 Å². The zero-order valence-corrected chi connectivity index (χ0v) is 17.2. The van der Waals surface area contributed by atoms with Crippen LogP contribution in [-0.2, 0) is 14.8 Å². The Balaban J connectivity index is 1.65. The van der Waals surface area contributed by atoms with E-state index in [1.165, 1.54) is 4.31 Å². The van der Waals surface area contributed by atoms with Crippen LogP contribution in [0.25, 0.3) is 0 Å². The van der Waals surface area contributed by atoms with Gasteiger partial charge in [-0.25, -0.2) is 8.42 Å². The molecule has 6 nitrogen and oxygen atoms in total. The van der Waals surface area contributed by atoms with E-state index in [-0.39, 0.29) is 5.91 Å². The third-order valence-corrected chi connectivity index (χ3v) is 7.79. The summed E-state index contributed by atoms with van der Waals surface area (Å²) in [7, 11) is -3.53. The molecule has 0 spiro atoms. The first kappa shape index (κ1) is 20.3. The molecule has 1 aromatic rings. The van der Waals surface area contributed by atoms with E-state index in [0.717, 1.165) is 37.7 Å². The maximum atomic E-state index is 12.9. The highest BCUT2D eigenvalue weighted by Gasteiger charge is 2.40. The maximum Gasteiger partial charge on any atom is 0.243 e. The van der Waals surface area contributed by atoms with Crippen LogP contribution in [0.1, 0.15) is 57.4 Å². The predicted molar refractivity (Wildman–Crippen MR) is 106 cm³/mol. The lowest BCUT2D eigenvalue weighted by Gasteiger charge is -2.40. The van der Waals surface area contributed by atoms with Gasteiger partial charge in [0.05, 0.1) is 10.4 Å². The van der Waals surface area contributed by atoms with Crippen LogP contribution in [0.3, 0.4) is 0 Å². The van der Waals surface area contributed by atoms with Crippen LogP contribution in [0.5, 0.6) is 0 Å². The van der Waals surface area contributed by atoms with Crippen molar-refractivity contribution in [2.75, 3.05) is 26.2 Å². The smallest absolute Gasteiger partial charge is 0.243 e. The minimum Gasteiger partial charge on any atom is -0.338 e. The first-order valence-corrected chi connectivity index (χ1v) is 11.4. The molecule has 1 heterocycles. The van der Waals surface area contributed by atoms with Gasteiger partial charge in [0, 0.05) is 26.2 Å². The summed E-state index contributed by atoms with van der Waals surface area (Å²) in [6, 6.07) is 7.11. The van der Waals surface area contributed by atoms with E-state index >= 15 is 0 Å². The van der Waals surface area contributed by atoms with E-state index in [2.05, 4.69) is 13.8 Å². The number of amides is 1. The van der Waals surface area contributed by atoms with Gasteiger partial charge in [-0.1, -0.05) is 45.2 Å². The number of carbonyl (C=O) groups is 1. The Labute approximate surface area is 162 Å². The summed E-state index contributed by atoms with van der Waals surface area (Å²) in [5.41, 5.74) is 6.72. The molecular formula is C20H31N3O3S. The minimum absolute atomic E-state index is 0.0134. The van der Waals surface area contributed by atoms with E-state index < -0.39 is 15.6 Å². The zero-order chi connectivity index (χ0) is 19.7. The Kier molecular flexibility index (Phi) is 5.93. The fourth-order valence-corrected chi connectivity index (χ4v) is 5.44. The van der Waals surface area contributed by atoms with Gasteiger partial charge in [-0.05, 0) is 36.5 Å². The van der Waals surface area contributed by atoms with Gasteiger partial charge < -0.3 is 10.6 Å². The number of piperazine rings is 1. The number of nitrogens with two attached hydrogens (primary N) is 1. The van der Waals surface area contributed by atoms with Crippen LogP contribution >= 0.6 is 0 Å². The molecule has 2 fully saturated rings. The second kappa shape index (κ2) is 7.89. The summed E-state index contributed by atoms with van der Waals surface area (Å²) in [5, 5.41) is 0. The molecule has 1 saturated heterocycles. The first-order valence-electron chi connectivity index (χ1n) is 9.92. The summed E-state index contributed by atoms with van der Waals surface area (Å²) < 4.78 is 27.3. The monoisotopic (exact) mass is 393 g/mol. The summed E-state index contributed by atoms with van der Waals surface area (Å²) in [4.78, 5) is 14.9. The maximum absolute atomic E-state index is 12.9. The first-order chi connectivity index (χ1) is 12.7. The quantitative estimate of drug-likeness (QED) is 0.851. The fourth-order valence-electron chi connectivity index (χ4n) is 4.02. The van der Waals surface area contributed by atoms with E-state index in [0.29, 0.717) is 37.0 Å². The normalized spacial score (nSPS) is 21.4. The molecule has 2 N–H and O–H groups in total. The molecule has 1 aliphatic carbocycles. The van der Waals surface area contributed by atoms with Gasteiger partial charge in [-0.3, -0.25) is 4.79 Å². The van der Waals surface area contributed by atoms with Crippen molar-refractivity contribution in [1.29, 1.82) is 0 Å². The third-order valence-electron chi connectivity index (χ3n) is 5.88. The van der Waals surface area contributed by atoms with Gasteiger partial charge in [0.25, 0.3) is 0 Å². The highest BCUT2D eigenvalue weighted by molar-refractivity contribution is 7.89. The SMILES string of the molecule is CC(C)c1ccc(S(=O)(=O)N2CCN(C(=O)C3(N)CCCCC3)CC2)cc1. The molecule has 1 aromatic carbocycles. The molecule has 1 saturated carbocycles. The van der Waals surface area contributed by atoms with Crippen molar-refractivity contribution < 1.29 is 13.2 Å². The number of sulfonamides is 1. The van der Waals surface area contributed by atoms with Crippen LogP contribution in [0.4, 0.5) is 0 Å². The highest BCUT2D eigenvalue weighted by atomic mass is 32.2. The van der Waals surface area contributed by atoms with Crippen molar-refractivity contribution in [3.05, 3.63) is 29.8 Å². The van der Waals surface area contributed by atoms with Crippen molar-refractivity contribution in [2.24, 2.45) is 5.73 Å². The number of rotatable bonds is 4. The van der Waals surface area contributed by atoms with Crippen molar-refractivity contribution in [2.45, 2.75) is 62.3 Å². The number of hydrogen-bond acceptors (Lipinski definition) is 4. The molecule has 0 bridgehead atoms. The van der Waals surface area contributed by atoms with Gasteiger partial charge in [0.15, 0.2) is 0 Å². The van der Waals surface area contributed by atoms with Gasteiger partial charge in [0.1, 0.15) is 0 Å². The Morgan fingerprint density at radius 3 is 2.07 bits per heavy atom. The summed E-state index contributed by atoms with van der Waals surface area (Å²) >= 11 is 0. The second-order valence-corrected chi connectivity index (χ2v) is 10.1. The molecule has 0 radical (unpaired) electrons. The van der Waals surface area contributed by atoms with Gasteiger partial charge in [-0.2, -0.15) is 4.31 Å². The molecule has 2 aliphatic rings. The van der Waals surface area contributed by atoms with E-state index in [4.69, 9.17) is 5.73 Å².